The maximum Gasteiger partial charge on any atom is 0.251 e. The highest BCUT2D eigenvalue weighted by Gasteiger charge is 2.24. The third-order valence-corrected chi connectivity index (χ3v) is 7.15. The van der Waals surface area contributed by atoms with Crippen molar-refractivity contribution in [2.24, 2.45) is 0 Å². The lowest BCUT2D eigenvalue weighted by Crippen LogP contribution is -2.40. The van der Waals surface area contributed by atoms with Gasteiger partial charge >= 0.3 is 0 Å². The molecule has 1 aliphatic heterocycles. The average molecular weight is 465 g/mol. The number of hydrogen-bond donors (Lipinski definition) is 2. The van der Waals surface area contributed by atoms with E-state index in [0.717, 1.165) is 56.0 Å². The zero-order valence-electron chi connectivity index (χ0n) is 20.4. The van der Waals surface area contributed by atoms with E-state index >= 15 is 0 Å². The van der Waals surface area contributed by atoms with Crippen molar-refractivity contribution in [3.63, 3.8) is 0 Å². The van der Waals surface area contributed by atoms with Crippen molar-refractivity contribution in [3.05, 3.63) is 64.7 Å². The van der Waals surface area contributed by atoms with Crippen LogP contribution in [0.15, 0.2) is 42.5 Å². The van der Waals surface area contributed by atoms with Crippen LogP contribution >= 0.6 is 0 Å². The fourth-order valence-electron chi connectivity index (χ4n) is 4.93. The lowest BCUT2D eigenvalue weighted by atomic mass is 9.90. The van der Waals surface area contributed by atoms with Crippen molar-refractivity contribution >= 4 is 5.91 Å². The molecule has 2 aliphatic rings. The van der Waals surface area contributed by atoms with Gasteiger partial charge < -0.3 is 15.2 Å². The molecular weight excluding hydrogens is 424 g/mol. The summed E-state index contributed by atoms with van der Waals surface area (Å²) >= 11 is 0. The standard InChI is InChI=1S/C29H40N2O3/c32-17-5-1-3-15-30-29(33)25-13-14-28-26(21-25)20-23-9-7-10-24(19-23)22-31(27-11-8-12-27)16-4-2-6-18-34-28/h7,9-10,13-14,19,21,27,32H,1-6,8,11-12,15-18,20,22H2,(H,30,33). The van der Waals surface area contributed by atoms with Gasteiger partial charge in [0, 0.05) is 37.7 Å². The van der Waals surface area contributed by atoms with Gasteiger partial charge in [0.05, 0.1) is 6.61 Å². The van der Waals surface area contributed by atoms with Crippen LogP contribution in [0.3, 0.4) is 0 Å². The summed E-state index contributed by atoms with van der Waals surface area (Å²) in [6.45, 7) is 3.75. The highest BCUT2D eigenvalue weighted by atomic mass is 16.5. The molecule has 0 unspecified atom stereocenters. The Kier molecular flexibility index (Phi) is 9.40. The van der Waals surface area contributed by atoms with E-state index in [0.29, 0.717) is 18.7 Å². The molecule has 4 rings (SSSR count). The smallest absolute Gasteiger partial charge is 0.251 e. The number of nitrogens with zero attached hydrogens (tertiary/aromatic N) is 1. The fraction of sp³-hybridized carbons (Fsp3) is 0.552. The summed E-state index contributed by atoms with van der Waals surface area (Å²) < 4.78 is 6.20. The number of amides is 1. The Morgan fingerprint density at radius 3 is 2.71 bits per heavy atom. The van der Waals surface area contributed by atoms with Gasteiger partial charge in [-0.1, -0.05) is 30.7 Å². The van der Waals surface area contributed by atoms with Crippen molar-refractivity contribution in [2.45, 2.75) is 76.8 Å². The Labute approximate surface area is 204 Å². The van der Waals surface area contributed by atoms with Crippen LogP contribution in [0.25, 0.3) is 0 Å². The molecule has 0 spiro atoms. The number of benzene rings is 2. The van der Waals surface area contributed by atoms with E-state index in [1.807, 2.05) is 18.2 Å². The topological polar surface area (TPSA) is 61.8 Å². The van der Waals surface area contributed by atoms with Crippen LogP contribution in [-0.4, -0.2) is 48.3 Å². The Balaban J connectivity index is 1.50. The molecule has 0 atom stereocenters. The van der Waals surface area contributed by atoms with E-state index in [4.69, 9.17) is 9.84 Å². The number of hydrogen-bond acceptors (Lipinski definition) is 4. The van der Waals surface area contributed by atoms with Gasteiger partial charge in [-0.2, -0.15) is 0 Å². The molecule has 2 bridgehead atoms. The monoisotopic (exact) mass is 464 g/mol. The first-order valence-corrected chi connectivity index (χ1v) is 13.2. The molecule has 5 nitrogen and oxygen atoms in total. The van der Waals surface area contributed by atoms with Crippen LogP contribution in [0, 0.1) is 0 Å². The number of unbranched alkanes of at least 4 members (excludes halogenated alkanes) is 2. The number of carbonyl (C=O) groups is 1. The number of ether oxygens (including phenoxy) is 1. The highest BCUT2D eigenvalue weighted by Crippen LogP contribution is 2.28. The summed E-state index contributed by atoms with van der Waals surface area (Å²) in [6, 6.07) is 15.5. The zero-order chi connectivity index (χ0) is 23.6. The molecule has 1 heterocycles. The average Bonchev–Trinajstić information content (AvgIpc) is 2.80. The normalized spacial score (nSPS) is 17.7. The number of aliphatic hydroxyl groups excluding tert-OH is 1. The van der Waals surface area contributed by atoms with Crippen molar-refractivity contribution in [1.29, 1.82) is 0 Å². The van der Waals surface area contributed by atoms with E-state index < -0.39 is 0 Å². The summed E-state index contributed by atoms with van der Waals surface area (Å²) in [6.07, 6.45) is 10.8. The van der Waals surface area contributed by atoms with Crippen LogP contribution in [0.4, 0.5) is 0 Å². The Morgan fingerprint density at radius 2 is 1.88 bits per heavy atom. The maximum atomic E-state index is 12.7. The quantitative estimate of drug-likeness (QED) is 0.561. The molecular formula is C29H40N2O3. The molecule has 1 fully saturated rings. The minimum Gasteiger partial charge on any atom is -0.493 e. The Hall–Kier alpha value is -2.37. The van der Waals surface area contributed by atoms with Gasteiger partial charge in [0.2, 0.25) is 0 Å². The minimum absolute atomic E-state index is 0.0453. The van der Waals surface area contributed by atoms with Crippen LogP contribution < -0.4 is 10.1 Å². The molecule has 5 heteroatoms. The predicted octanol–water partition coefficient (Wildman–Crippen LogP) is 5.09. The number of fused-ring (bicyclic) bond motifs is 3. The van der Waals surface area contributed by atoms with Gasteiger partial charge in [0.15, 0.2) is 0 Å². The van der Waals surface area contributed by atoms with E-state index in [-0.39, 0.29) is 12.5 Å². The van der Waals surface area contributed by atoms with Crippen LogP contribution in [0.5, 0.6) is 5.75 Å². The summed E-state index contributed by atoms with van der Waals surface area (Å²) in [5.41, 5.74) is 4.38. The molecule has 1 amide bonds. The first-order valence-electron chi connectivity index (χ1n) is 13.2. The molecule has 2 N–H and O–H groups in total. The van der Waals surface area contributed by atoms with Crippen molar-refractivity contribution < 1.29 is 14.6 Å². The molecule has 1 aliphatic carbocycles. The van der Waals surface area contributed by atoms with E-state index in [2.05, 4.69) is 34.5 Å². The van der Waals surface area contributed by atoms with Gasteiger partial charge in [-0.15, -0.1) is 0 Å². The SMILES string of the molecule is O=C(NCCCCCO)c1ccc2c(c1)Cc1cccc(c1)CN(C1CCC1)CCCCCO2. The Morgan fingerprint density at radius 1 is 1.00 bits per heavy atom. The molecule has 184 valence electrons. The van der Waals surface area contributed by atoms with Gasteiger partial charge in [0.1, 0.15) is 5.75 Å². The largest absolute Gasteiger partial charge is 0.493 e. The van der Waals surface area contributed by atoms with Crippen molar-refractivity contribution in [3.8, 4) is 5.75 Å². The van der Waals surface area contributed by atoms with E-state index in [9.17, 15) is 4.79 Å². The summed E-state index contributed by atoms with van der Waals surface area (Å²) in [5, 5.41) is 11.9. The third-order valence-electron chi connectivity index (χ3n) is 7.15. The Bertz CT molecular complexity index is 925. The maximum absolute atomic E-state index is 12.7. The zero-order valence-corrected chi connectivity index (χ0v) is 20.4. The summed E-state index contributed by atoms with van der Waals surface area (Å²) in [7, 11) is 0. The lowest BCUT2D eigenvalue weighted by molar-refractivity contribution is 0.0952. The molecule has 1 saturated carbocycles. The number of aliphatic hydroxyl groups is 1. The first-order chi connectivity index (χ1) is 16.7. The van der Waals surface area contributed by atoms with Crippen LogP contribution in [-0.2, 0) is 13.0 Å². The van der Waals surface area contributed by atoms with Gasteiger partial charge in [-0.3, -0.25) is 9.69 Å². The highest BCUT2D eigenvalue weighted by molar-refractivity contribution is 5.94. The van der Waals surface area contributed by atoms with Gasteiger partial charge in [0.25, 0.3) is 5.91 Å². The summed E-state index contributed by atoms with van der Waals surface area (Å²) in [4.78, 5) is 15.4. The molecule has 0 aromatic heterocycles. The molecule has 2 aromatic carbocycles. The van der Waals surface area contributed by atoms with E-state index in [1.165, 1.54) is 49.8 Å². The van der Waals surface area contributed by atoms with Gasteiger partial charge in [-0.25, -0.2) is 0 Å². The minimum atomic E-state index is -0.0453. The first kappa shape index (κ1) is 24.7. The fourth-order valence-corrected chi connectivity index (χ4v) is 4.93. The lowest BCUT2D eigenvalue weighted by Gasteiger charge is -2.38. The number of carbonyl (C=O) groups excluding carboxylic acids is 1. The molecule has 34 heavy (non-hydrogen) atoms. The molecule has 0 radical (unpaired) electrons. The van der Waals surface area contributed by atoms with Crippen molar-refractivity contribution in [1.82, 2.24) is 10.2 Å². The predicted molar refractivity (Wildman–Crippen MR) is 136 cm³/mol. The van der Waals surface area contributed by atoms with Gasteiger partial charge in [-0.05, 0) is 92.8 Å². The second-order valence-corrected chi connectivity index (χ2v) is 9.82. The number of rotatable bonds is 7. The second-order valence-electron chi connectivity index (χ2n) is 9.82. The second kappa shape index (κ2) is 12.9. The van der Waals surface area contributed by atoms with E-state index in [1.54, 1.807) is 0 Å². The molecule has 0 saturated heterocycles. The number of nitrogens with one attached hydrogen (secondary N) is 1. The van der Waals surface area contributed by atoms with Crippen LogP contribution in [0.1, 0.15) is 84.8 Å². The van der Waals surface area contributed by atoms with Crippen molar-refractivity contribution in [2.75, 3.05) is 26.3 Å². The summed E-state index contributed by atoms with van der Waals surface area (Å²) in [5.74, 6) is 0.842. The molecule has 2 aromatic rings. The van der Waals surface area contributed by atoms with Crippen LogP contribution in [0.2, 0.25) is 0 Å². The third kappa shape index (κ3) is 7.07.